The largest absolute Gasteiger partial charge is 0.355 e. The first-order chi connectivity index (χ1) is 16.4. The highest BCUT2D eigenvalue weighted by Crippen LogP contribution is 2.30. The number of aromatic nitrogens is 4. The van der Waals surface area contributed by atoms with Crippen LogP contribution in [0.4, 0.5) is 23.0 Å². The minimum atomic E-state index is -2.68. The molecule has 0 atom stereocenters. The topological polar surface area (TPSA) is 106 Å². The van der Waals surface area contributed by atoms with E-state index in [9.17, 15) is 9.59 Å². The first-order valence-corrected chi connectivity index (χ1v) is 9.87. The van der Waals surface area contributed by atoms with E-state index >= 15 is 0 Å². The summed E-state index contributed by atoms with van der Waals surface area (Å²) in [6.07, 6.45) is 6.48. The Hall–Kier alpha value is -4.14. The lowest BCUT2D eigenvalue weighted by Crippen LogP contribution is -2.20. The summed E-state index contributed by atoms with van der Waals surface area (Å²) in [5.74, 6) is 0.0892. The summed E-state index contributed by atoms with van der Waals surface area (Å²) in [4.78, 5) is 34.3. The van der Waals surface area contributed by atoms with Gasteiger partial charge in [0.15, 0.2) is 0 Å². The molecule has 0 aliphatic heterocycles. The first kappa shape index (κ1) is 17.5. The van der Waals surface area contributed by atoms with Crippen LogP contribution in [0.25, 0.3) is 10.9 Å². The molecule has 164 valence electrons. The second-order valence-corrected chi connectivity index (χ2v) is 7.65. The van der Waals surface area contributed by atoms with E-state index in [4.69, 9.17) is 4.11 Å². The molecule has 1 amide bonds. The van der Waals surface area contributed by atoms with Crippen LogP contribution in [-0.4, -0.2) is 32.0 Å². The van der Waals surface area contributed by atoms with Gasteiger partial charge in [-0.15, -0.1) is 0 Å². The van der Waals surface area contributed by atoms with Gasteiger partial charge in [-0.2, -0.15) is 0 Å². The molecule has 32 heavy (non-hydrogen) atoms. The highest BCUT2D eigenvalue weighted by molar-refractivity contribution is 6.02. The van der Waals surface area contributed by atoms with Crippen molar-refractivity contribution in [2.24, 2.45) is 14.1 Å². The van der Waals surface area contributed by atoms with Crippen LogP contribution in [0, 0.1) is 13.8 Å². The Kier molecular flexibility index (Phi) is 4.48. The molecule has 4 aromatic rings. The second kappa shape index (κ2) is 8.18. The third-order valence-electron chi connectivity index (χ3n) is 5.18. The van der Waals surface area contributed by atoms with Crippen LogP contribution in [-0.2, 0) is 14.1 Å². The van der Waals surface area contributed by atoms with Crippen LogP contribution in [0.15, 0.2) is 47.8 Å². The quantitative estimate of drug-likeness (QED) is 0.446. The fourth-order valence-corrected chi connectivity index (χ4v) is 3.69. The van der Waals surface area contributed by atoms with Gasteiger partial charge in [-0.25, -0.2) is 9.97 Å². The van der Waals surface area contributed by atoms with E-state index in [1.54, 1.807) is 37.8 Å². The van der Waals surface area contributed by atoms with Crippen molar-refractivity contribution in [1.82, 2.24) is 24.4 Å². The number of nitrogens with one attached hydrogen (secondary N) is 3. The Morgan fingerprint density at radius 1 is 1.00 bits per heavy atom. The van der Waals surface area contributed by atoms with Crippen molar-refractivity contribution in [2.45, 2.75) is 13.8 Å². The predicted octanol–water partition coefficient (Wildman–Crippen LogP) is 3.13. The van der Waals surface area contributed by atoms with Gasteiger partial charge in [0.1, 0.15) is 11.6 Å². The molecule has 0 saturated carbocycles. The fraction of sp³-hybridized carbons (Fsp3) is 0.217. The Morgan fingerprint density at radius 2 is 1.78 bits per heavy atom. The zero-order valence-corrected chi connectivity index (χ0v) is 18.1. The number of hydrogen-bond acceptors (Lipinski definition) is 6. The molecule has 4 heterocycles. The van der Waals surface area contributed by atoms with E-state index in [-0.39, 0.29) is 16.8 Å². The maximum absolute atomic E-state index is 13.0. The van der Waals surface area contributed by atoms with Gasteiger partial charge in [0.2, 0.25) is 0 Å². The summed E-state index contributed by atoms with van der Waals surface area (Å²) >= 11 is 0. The highest BCUT2D eigenvalue weighted by Gasteiger charge is 2.18. The maximum atomic E-state index is 13.0. The monoisotopic (exact) mass is 434 g/mol. The van der Waals surface area contributed by atoms with Crippen molar-refractivity contribution in [1.29, 1.82) is 0 Å². The van der Waals surface area contributed by atoms with Crippen molar-refractivity contribution < 1.29 is 8.91 Å². The normalized spacial score (nSPS) is 12.7. The lowest BCUT2D eigenvalue weighted by molar-refractivity contribution is 0.0963. The van der Waals surface area contributed by atoms with Gasteiger partial charge in [0.05, 0.1) is 27.8 Å². The average molecular weight is 435 g/mol. The van der Waals surface area contributed by atoms with Gasteiger partial charge >= 0.3 is 0 Å². The van der Waals surface area contributed by atoms with Gasteiger partial charge < -0.3 is 25.1 Å². The summed E-state index contributed by atoms with van der Waals surface area (Å²) in [5, 5.41) is 8.66. The second-order valence-electron chi connectivity index (χ2n) is 7.65. The molecule has 9 heteroatoms. The number of aryl methyl sites for hydroxylation is 4. The van der Waals surface area contributed by atoms with Crippen molar-refractivity contribution in [3.63, 3.8) is 0 Å². The molecule has 0 aliphatic rings. The average Bonchev–Trinajstić information content (AvgIpc) is 3.09. The molecule has 0 aromatic carbocycles. The van der Waals surface area contributed by atoms with Crippen molar-refractivity contribution in [2.75, 3.05) is 17.6 Å². The zero-order valence-electron chi connectivity index (χ0n) is 21.1. The molecule has 0 saturated heterocycles. The van der Waals surface area contributed by atoms with Gasteiger partial charge in [-0.1, -0.05) is 6.07 Å². The number of carbonyl (C=O) groups excluding carboxylic acids is 1. The van der Waals surface area contributed by atoms with Crippen LogP contribution >= 0.6 is 0 Å². The van der Waals surface area contributed by atoms with Crippen LogP contribution in [0.2, 0.25) is 0 Å². The van der Waals surface area contributed by atoms with Gasteiger partial charge in [-0.05, 0) is 31.0 Å². The minimum absolute atomic E-state index is 0.00465. The molecule has 4 rings (SSSR count). The van der Waals surface area contributed by atoms with E-state index < -0.39 is 12.9 Å². The standard InChI is InChI=1S/C23H25N7O2/c1-13-6-7-18(25-9-13)28-19-8-16(15(10-26-19)22(31)24-3)27-17-12-29(4)21-14(2)11-30(5)23(32)20(17)21/h6-12H,1-5H3,(H,24,31)(H2,25,26,27,28)/i3D3. The third-order valence-corrected chi connectivity index (χ3v) is 5.18. The molecule has 0 radical (unpaired) electrons. The zero-order chi connectivity index (χ0) is 25.5. The van der Waals surface area contributed by atoms with E-state index in [1.807, 2.05) is 36.8 Å². The van der Waals surface area contributed by atoms with E-state index in [0.29, 0.717) is 22.7 Å². The molecule has 3 N–H and O–H groups in total. The molecular weight excluding hydrogens is 406 g/mol. The summed E-state index contributed by atoms with van der Waals surface area (Å²) < 4.78 is 25.5. The van der Waals surface area contributed by atoms with Crippen LogP contribution in [0.5, 0.6) is 0 Å². The number of carbonyl (C=O) groups is 1. The third kappa shape index (κ3) is 3.80. The van der Waals surface area contributed by atoms with Crippen LogP contribution in [0.1, 0.15) is 25.6 Å². The number of hydrogen-bond donors (Lipinski definition) is 3. The minimum Gasteiger partial charge on any atom is -0.355 e. The van der Waals surface area contributed by atoms with Gasteiger partial charge in [0, 0.05) is 56.0 Å². The number of anilines is 4. The molecular formula is C23H25N7O2. The SMILES string of the molecule is [2H]C([2H])([2H])NC(=O)c1cnc(Nc2ccc(C)cn2)cc1Nc1cn(C)c2c(C)cn(C)c(=O)c12. The maximum Gasteiger partial charge on any atom is 0.261 e. The molecule has 0 unspecified atom stereocenters. The molecule has 4 aromatic heterocycles. The summed E-state index contributed by atoms with van der Waals surface area (Å²) in [5.41, 5.74) is 3.19. The van der Waals surface area contributed by atoms with E-state index in [0.717, 1.165) is 16.6 Å². The van der Waals surface area contributed by atoms with E-state index in [1.165, 1.54) is 10.8 Å². The van der Waals surface area contributed by atoms with Crippen molar-refractivity contribution >= 4 is 39.8 Å². The molecule has 0 fully saturated rings. The summed E-state index contributed by atoms with van der Waals surface area (Å²) in [6, 6.07) is 5.24. The number of rotatable bonds is 5. The Bertz CT molecular complexity index is 1490. The van der Waals surface area contributed by atoms with Crippen molar-refractivity contribution in [3.8, 4) is 0 Å². The molecule has 0 aliphatic carbocycles. The first-order valence-electron chi connectivity index (χ1n) is 11.4. The lowest BCUT2D eigenvalue weighted by Gasteiger charge is -2.13. The predicted molar refractivity (Wildman–Crippen MR) is 126 cm³/mol. The van der Waals surface area contributed by atoms with Crippen LogP contribution in [0.3, 0.4) is 0 Å². The summed E-state index contributed by atoms with van der Waals surface area (Å²) in [6.45, 7) is 1.15. The number of nitrogens with zero attached hydrogens (tertiary/aromatic N) is 4. The molecule has 0 bridgehead atoms. The van der Waals surface area contributed by atoms with Crippen molar-refractivity contribution in [3.05, 3.63) is 70.0 Å². The molecule has 0 spiro atoms. The number of pyridine rings is 3. The summed E-state index contributed by atoms with van der Waals surface area (Å²) in [7, 11) is 3.49. The number of fused-ring (bicyclic) bond motifs is 1. The lowest BCUT2D eigenvalue weighted by atomic mass is 10.1. The Balaban J connectivity index is 1.81. The number of amides is 1. The molecule has 9 nitrogen and oxygen atoms in total. The van der Waals surface area contributed by atoms with Gasteiger partial charge in [-0.3, -0.25) is 9.59 Å². The van der Waals surface area contributed by atoms with E-state index in [2.05, 4.69) is 20.6 Å². The van der Waals surface area contributed by atoms with Gasteiger partial charge in [0.25, 0.3) is 11.5 Å². The Labute approximate surface area is 189 Å². The smallest absolute Gasteiger partial charge is 0.261 e. The fourth-order valence-electron chi connectivity index (χ4n) is 3.69. The Morgan fingerprint density at radius 3 is 2.50 bits per heavy atom. The van der Waals surface area contributed by atoms with Crippen LogP contribution < -0.4 is 21.5 Å². The highest BCUT2D eigenvalue weighted by atomic mass is 16.1.